The van der Waals surface area contributed by atoms with Gasteiger partial charge in [0.2, 0.25) is 0 Å². The van der Waals surface area contributed by atoms with E-state index in [4.69, 9.17) is 0 Å². The molecule has 142 valence electrons. The molecule has 0 saturated heterocycles. The SMILES string of the molecule is O=C(N/N=C/c1ccc(O)cc1O)N(Cc1ccccc1)Cc1ccccc1. The van der Waals surface area contributed by atoms with Crippen LogP contribution in [0.3, 0.4) is 0 Å². The largest absolute Gasteiger partial charge is 0.508 e. The van der Waals surface area contributed by atoms with Gasteiger partial charge in [0.05, 0.1) is 6.21 Å². The van der Waals surface area contributed by atoms with Gasteiger partial charge in [0.25, 0.3) is 0 Å². The fourth-order valence-corrected chi connectivity index (χ4v) is 2.68. The zero-order valence-corrected chi connectivity index (χ0v) is 15.2. The third-order valence-electron chi connectivity index (χ3n) is 4.10. The van der Waals surface area contributed by atoms with Crippen molar-refractivity contribution >= 4 is 12.2 Å². The maximum absolute atomic E-state index is 12.7. The first kappa shape index (κ1) is 19.0. The molecule has 0 unspecified atom stereocenters. The second kappa shape index (κ2) is 9.23. The Kier molecular flexibility index (Phi) is 6.25. The quantitative estimate of drug-likeness (QED) is 0.452. The summed E-state index contributed by atoms with van der Waals surface area (Å²) >= 11 is 0. The molecule has 3 aromatic rings. The fraction of sp³-hybridized carbons (Fsp3) is 0.0909. The van der Waals surface area contributed by atoms with Crippen molar-refractivity contribution in [1.82, 2.24) is 10.3 Å². The zero-order valence-electron chi connectivity index (χ0n) is 15.2. The molecule has 0 fully saturated rings. The van der Waals surface area contributed by atoms with Crippen LogP contribution in [0.5, 0.6) is 11.5 Å². The van der Waals surface area contributed by atoms with Gasteiger partial charge in [-0.25, -0.2) is 10.2 Å². The smallest absolute Gasteiger partial charge is 0.338 e. The highest BCUT2D eigenvalue weighted by Gasteiger charge is 2.14. The summed E-state index contributed by atoms with van der Waals surface area (Å²) in [5, 5.41) is 23.0. The maximum Gasteiger partial charge on any atom is 0.338 e. The first-order valence-electron chi connectivity index (χ1n) is 8.79. The van der Waals surface area contributed by atoms with E-state index in [1.54, 1.807) is 4.90 Å². The number of carbonyl (C=O) groups is 1. The van der Waals surface area contributed by atoms with Crippen LogP contribution in [0, 0.1) is 0 Å². The monoisotopic (exact) mass is 375 g/mol. The molecule has 0 radical (unpaired) electrons. The Labute approximate surface area is 163 Å². The van der Waals surface area contributed by atoms with E-state index >= 15 is 0 Å². The van der Waals surface area contributed by atoms with Gasteiger partial charge in [-0.3, -0.25) is 0 Å². The van der Waals surface area contributed by atoms with Gasteiger partial charge in [0, 0.05) is 24.7 Å². The van der Waals surface area contributed by atoms with Crippen LogP contribution in [0.25, 0.3) is 0 Å². The van der Waals surface area contributed by atoms with Gasteiger partial charge in [-0.1, -0.05) is 60.7 Å². The predicted molar refractivity (Wildman–Crippen MR) is 108 cm³/mol. The van der Waals surface area contributed by atoms with E-state index in [0.717, 1.165) is 11.1 Å². The standard InChI is InChI=1S/C22H21N3O3/c26-20-12-11-19(21(27)13-20)14-23-24-22(28)25(15-17-7-3-1-4-8-17)16-18-9-5-2-6-10-18/h1-14,26-27H,15-16H2,(H,24,28)/b23-14+. The summed E-state index contributed by atoms with van der Waals surface area (Å²) in [6, 6.07) is 23.2. The molecule has 6 nitrogen and oxygen atoms in total. The molecule has 6 heteroatoms. The van der Waals surface area contributed by atoms with Crippen LogP contribution >= 0.6 is 0 Å². The third-order valence-corrected chi connectivity index (χ3v) is 4.10. The maximum atomic E-state index is 12.7. The number of nitrogens with one attached hydrogen (secondary N) is 1. The van der Waals surface area contributed by atoms with Crippen LogP contribution in [-0.4, -0.2) is 27.4 Å². The molecule has 0 heterocycles. The number of nitrogens with zero attached hydrogens (tertiary/aromatic N) is 2. The van der Waals surface area contributed by atoms with Crippen LogP contribution in [0.15, 0.2) is 84.0 Å². The van der Waals surface area contributed by atoms with Crippen molar-refractivity contribution in [1.29, 1.82) is 0 Å². The Morgan fingerprint density at radius 3 is 2.00 bits per heavy atom. The van der Waals surface area contributed by atoms with E-state index in [1.165, 1.54) is 24.4 Å². The lowest BCUT2D eigenvalue weighted by molar-refractivity contribution is 0.193. The number of hydrazone groups is 1. The first-order chi connectivity index (χ1) is 13.6. The molecule has 0 saturated carbocycles. The number of carbonyl (C=O) groups excluding carboxylic acids is 1. The molecule has 0 aliphatic carbocycles. The van der Waals surface area contributed by atoms with Crippen LogP contribution in [0.2, 0.25) is 0 Å². The number of phenolic OH excluding ortho intramolecular Hbond substituents is 2. The molecule has 0 aliphatic heterocycles. The summed E-state index contributed by atoms with van der Waals surface area (Å²) < 4.78 is 0. The molecule has 0 bridgehead atoms. The van der Waals surface area contributed by atoms with Gasteiger partial charge in [-0.2, -0.15) is 5.10 Å². The molecule has 2 amide bonds. The van der Waals surface area contributed by atoms with Crippen molar-refractivity contribution in [3.8, 4) is 11.5 Å². The van der Waals surface area contributed by atoms with Crippen LogP contribution in [0.1, 0.15) is 16.7 Å². The first-order valence-corrected chi connectivity index (χ1v) is 8.79. The van der Waals surface area contributed by atoms with Crippen LogP contribution < -0.4 is 5.43 Å². The molecule has 0 atom stereocenters. The number of hydrogen-bond donors (Lipinski definition) is 3. The lowest BCUT2D eigenvalue weighted by Gasteiger charge is -2.22. The molecular weight excluding hydrogens is 354 g/mol. The number of urea groups is 1. The molecule has 0 spiro atoms. The average Bonchev–Trinajstić information content (AvgIpc) is 2.70. The highest BCUT2D eigenvalue weighted by Crippen LogP contribution is 2.20. The zero-order chi connectivity index (χ0) is 19.8. The molecule has 3 aromatic carbocycles. The minimum Gasteiger partial charge on any atom is -0.508 e. The van der Waals surface area contributed by atoms with Crippen molar-refractivity contribution < 1.29 is 15.0 Å². The van der Waals surface area contributed by atoms with Gasteiger partial charge in [-0.05, 0) is 23.3 Å². The van der Waals surface area contributed by atoms with Crippen LogP contribution in [0.4, 0.5) is 4.79 Å². The summed E-state index contributed by atoms with van der Waals surface area (Å²) in [4.78, 5) is 14.3. The number of aromatic hydroxyl groups is 2. The topological polar surface area (TPSA) is 85.2 Å². The second-order valence-electron chi connectivity index (χ2n) is 6.25. The Balaban J connectivity index is 1.71. The Morgan fingerprint density at radius 1 is 0.893 bits per heavy atom. The van der Waals surface area contributed by atoms with E-state index in [1.807, 2.05) is 60.7 Å². The summed E-state index contributed by atoms with van der Waals surface area (Å²) in [5.74, 6) is -0.168. The molecule has 3 N–H and O–H groups in total. The number of benzene rings is 3. The van der Waals surface area contributed by atoms with Gasteiger partial charge in [-0.15, -0.1) is 0 Å². The van der Waals surface area contributed by atoms with Crippen molar-refractivity contribution in [2.45, 2.75) is 13.1 Å². The lowest BCUT2D eigenvalue weighted by atomic mass is 10.2. The third kappa shape index (κ3) is 5.35. The lowest BCUT2D eigenvalue weighted by Crippen LogP contribution is -2.36. The minimum absolute atomic E-state index is 0.0458. The number of rotatable bonds is 6. The van der Waals surface area contributed by atoms with Crippen molar-refractivity contribution in [2.75, 3.05) is 0 Å². The summed E-state index contributed by atoms with van der Waals surface area (Å²) in [5.41, 5.74) is 4.90. The van der Waals surface area contributed by atoms with E-state index in [9.17, 15) is 15.0 Å². The summed E-state index contributed by atoms with van der Waals surface area (Å²) in [6.07, 6.45) is 1.33. The fourth-order valence-electron chi connectivity index (χ4n) is 2.68. The second-order valence-corrected chi connectivity index (χ2v) is 6.25. The number of amides is 2. The van der Waals surface area contributed by atoms with Crippen molar-refractivity contribution in [2.24, 2.45) is 5.10 Å². The Hall–Kier alpha value is -3.80. The highest BCUT2D eigenvalue weighted by molar-refractivity contribution is 5.85. The van der Waals surface area contributed by atoms with Crippen LogP contribution in [-0.2, 0) is 13.1 Å². The van der Waals surface area contributed by atoms with Gasteiger partial charge >= 0.3 is 6.03 Å². The van der Waals surface area contributed by atoms with E-state index in [0.29, 0.717) is 18.7 Å². The number of hydrogen-bond acceptors (Lipinski definition) is 4. The normalized spacial score (nSPS) is 10.7. The average molecular weight is 375 g/mol. The summed E-state index contributed by atoms with van der Waals surface area (Å²) in [7, 11) is 0. The minimum atomic E-state index is -0.359. The molecule has 28 heavy (non-hydrogen) atoms. The molecule has 0 aliphatic rings. The van der Waals surface area contributed by atoms with Crippen molar-refractivity contribution in [3.05, 3.63) is 95.6 Å². The van der Waals surface area contributed by atoms with E-state index in [-0.39, 0.29) is 17.5 Å². The Bertz CT molecular complexity index is 902. The van der Waals surface area contributed by atoms with Gasteiger partial charge in [0.15, 0.2) is 0 Å². The highest BCUT2D eigenvalue weighted by atomic mass is 16.3. The van der Waals surface area contributed by atoms with Crippen molar-refractivity contribution in [3.63, 3.8) is 0 Å². The van der Waals surface area contributed by atoms with E-state index in [2.05, 4.69) is 10.5 Å². The van der Waals surface area contributed by atoms with E-state index < -0.39 is 0 Å². The number of phenols is 2. The molecule has 0 aromatic heterocycles. The van der Waals surface area contributed by atoms with Gasteiger partial charge in [0.1, 0.15) is 11.5 Å². The Morgan fingerprint density at radius 2 is 1.46 bits per heavy atom. The van der Waals surface area contributed by atoms with Gasteiger partial charge < -0.3 is 15.1 Å². The molecule has 3 rings (SSSR count). The molecular formula is C22H21N3O3. The summed E-state index contributed by atoms with van der Waals surface area (Å²) in [6.45, 7) is 0.864. The predicted octanol–water partition coefficient (Wildman–Crippen LogP) is 3.84.